The lowest BCUT2D eigenvalue weighted by Crippen LogP contribution is -1.87. The van der Waals surface area contributed by atoms with Gasteiger partial charge in [-0.15, -0.1) is 0 Å². The van der Waals surface area contributed by atoms with E-state index in [1.165, 1.54) is 12.1 Å². The van der Waals surface area contributed by atoms with Crippen LogP contribution in [0.5, 0.6) is 0 Å². The van der Waals surface area contributed by atoms with Crippen molar-refractivity contribution in [3.05, 3.63) is 78.9 Å². The molecule has 134 valence electrons. The smallest absolute Gasteiger partial charge is 0.227 e. The van der Waals surface area contributed by atoms with Gasteiger partial charge in [0.25, 0.3) is 0 Å². The van der Waals surface area contributed by atoms with Crippen LogP contribution in [0.15, 0.2) is 82.4 Å². The average Bonchev–Trinajstić information content (AvgIpc) is 3.15. The average molecular weight is 378 g/mol. The minimum absolute atomic E-state index is 0.313. The fraction of sp³-hybridized carbons (Fsp3) is 0.0476. The molecule has 0 saturated heterocycles. The number of nitrogens with zero attached hydrogens (tertiary/aromatic N) is 2. The Morgan fingerprint density at radius 2 is 1.48 bits per heavy atom. The van der Waals surface area contributed by atoms with E-state index in [2.05, 4.69) is 9.97 Å². The van der Waals surface area contributed by atoms with E-state index in [1.54, 1.807) is 42.9 Å². The van der Waals surface area contributed by atoms with Crippen LogP contribution in [0.25, 0.3) is 34.0 Å². The summed E-state index contributed by atoms with van der Waals surface area (Å²) in [5, 5.41) is 0. The molecule has 0 saturated carbocycles. The van der Waals surface area contributed by atoms with Gasteiger partial charge in [0.2, 0.25) is 5.89 Å². The predicted molar refractivity (Wildman–Crippen MR) is 103 cm³/mol. The number of benzene rings is 2. The van der Waals surface area contributed by atoms with Crippen LogP contribution in [0.1, 0.15) is 0 Å². The van der Waals surface area contributed by atoms with Crippen LogP contribution in [0, 0.1) is 5.82 Å². The molecule has 0 bridgehead atoms. The van der Waals surface area contributed by atoms with Gasteiger partial charge in [-0.2, -0.15) is 0 Å². The molecule has 2 aromatic heterocycles. The molecule has 0 fully saturated rings. The summed E-state index contributed by atoms with van der Waals surface area (Å²) in [5.74, 6) is 0.682. The van der Waals surface area contributed by atoms with Gasteiger partial charge in [-0.1, -0.05) is 0 Å². The Labute approximate surface area is 158 Å². The summed E-state index contributed by atoms with van der Waals surface area (Å²) < 4.78 is 31.0. The van der Waals surface area contributed by atoms with Crippen molar-refractivity contribution >= 4 is 10.8 Å². The van der Waals surface area contributed by atoms with Crippen LogP contribution in [0.3, 0.4) is 0 Å². The highest BCUT2D eigenvalue weighted by atomic mass is 32.2. The van der Waals surface area contributed by atoms with E-state index >= 15 is 0 Å². The first kappa shape index (κ1) is 17.3. The summed E-state index contributed by atoms with van der Waals surface area (Å²) in [7, 11) is -1.05. The fourth-order valence-electron chi connectivity index (χ4n) is 2.74. The third kappa shape index (κ3) is 3.57. The normalized spacial score (nSPS) is 12.1. The minimum atomic E-state index is -1.05. The first-order valence-corrected chi connectivity index (χ1v) is 9.78. The second kappa shape index (κ2) is 7.25. The molecule has 4 aromatic rings. The quantitative estimate of drug-likeness (QED) is 0.504. The molecule has 0 aliphatic heterocycles. The van der Waals surface area contributed by atoms with E-state index in [9.17, 15) is 8.60 Å². The Bertz CT molecular complexity index is 1090. The largest absolute Gasteiger partial charge is 0.435 e. The van der Waals surface area contributed by atoms with Crippen LogP contribution < -0.4 is 0 Å². The second-order valence-corrected chi connectivity index (χ2v) is 7.30. The number of oxazole rings is 1. The molecule has 4 nitrogen and oxygen atoms in total. The Morgan fingerprint density at radius 3 is 2.11 bits per heavy atom. The fourth-order valence-corrected chi connectivity index (χ4v) is 3.25. The number of pyridine rings is 1. The van der Waals surface area contributed by atoms with Gasteiger partial charge in [-0.3, -0.25) is 9.19 Å². The Hall–Kier alpha value is -3.12. The van der Waals surface area contributed by atoms with E-state index in [0.29, 0.717) is 17.3 Å². The molecule has 0 aliphatic carbocycles. The summed E-state index contributed by atoms with van der Waals surface area (Å²) in [6.45, 7) is 0. The SMILES string of the molecule is CS(=O)c1ccc(-c2nc(-c3ccncc3)c(-c3ccc(F)cc3)o2)cc1. The molecule has 27 heavy (non-hydrogen) atoms. The summed E-state index contributed by atoms with van der Waals surface area (Å²) in [5.41, 5.74) is 3.01. The zero-order valence-electron chi connectivity index (χ0n) is 14.4. The van der Waals surface area contributed by atoms with Crippen LogP contribution in [0.2, 0.25) is 0 Å². The van der Waals surface area contributed by atoms with Crippen LogP contribution >= 0.6 is 0 Å². The molecule has 2 heterocycles. The Morgan fingerprint density at radius 1 is 0.852 bits per heavy atom. The molecule has 0 spiro atoms. The van der Waals surface area contributed by atoms with Crippen molar-refractivity contribution in [2.24, 2.45) is 0 Å². The van der Waals surface area contributed by atoms with E-state index in [-0.39, 0.29) is 5.82 Å². The second-order valence-electron chi connectivity index (χ2n) is 5.92. The van der Waals surface area contributed by atoms with E-state index in [1.807, 2.05) is 24.3 Å². The molecule has 0 aliphatic rings. The van der Waals surface area contributed by atoms with Gasteiger partial charge >= 0.3 is 0 Å². The third-order valence-electron chi connectivity index (χ3n) is 4.12. The maximum atomic E-state index is 13.3. The Kier molecular flexibility index (Phi) is 4.64. The molecule has 0 amide bonds. The van der Waals surface area contributed by atoms with Crippen LogP contribution in [-0.2, 0) is 10.8 Å². The standard InChI is InChI=1S/C21H15FN2O2S/c1-27(25)18-8-4-16(5-9-18)21-24-19(14-10-12-23-13-11-14)20(26-21)15-2-6-17(22)7-3-15/h2-13H,1H3. The van der Waals surface area contributed by atoms with Crippen molar-refractivity contribution in [2.75, 3.05) is 6.26 Å². The van der Waals surface area contributed by atoms with Gasteiger partial charge in [0.15, 0.2) is 5.76 Å². The number of aromatic nitrogens is 2. The van der Waals surface area contributed by atoms with Gasteiger partial charge in [0.05, 0.1) is 0 Å². The molecule has 2 aromatic carbocycles. The number of rotatable bonds is 4. The monoisotopic (exact) mass is 378 g/mol. The highest BCUT2D eigenvalue weighted by Crippen LogP contribution is 2.35. The van der Waals surface area contributed by atoms with Crippen molar-refractivity contribution in [3.8, 4) is 34.0 Å². The Balaban J connectivity index is 1.84. The van der Waals surface area contributed by atoms with E-state index in [0.717, 1.165) is 21.6 Å². The van der Waals surface area contributed by atoms with Gasteiger partial charge in [-0.25, -0.2) is 9.37 Å². The zero-order valence-corrected chi connectivity index (χ0v) is 15.2. The van der Waals surface area contributed by atoms with Gasteiger partial charge < -0.3 is 4.42 Å². The van der Waals surface area contributed by atoms with Crippen molar-refractivity contribution < 1.29 is 13.0 Å². The maximum absolute atomic E-state index is 13.3. The molecule has 4 rings (SSSR count). The van der Waals surface area contributed by atoms with Crippen molar-refractivity contribution in [1.29, 1.82) is 0 Å². The van der Waals surface area contributed by atoms with Gasteiger partial charge in [0, 0.05) is 51.0 Å². The van der Waals surface area contributed by atoms with Crippen LogP contribution in [0.4, 0.5) is 4.39 Å². The van der Waals surface area contributed by atoms with Crippen LogP contribution in [-0.4, -0.2) is 20.4 Å². The molecule has 6 heteroatoms. The zero-order chi connectivity index (χ0) is 18.8. The summed E-state index contributed by atoms with van der Waals surface area (Å²) in [6.07, 6.45) is 5.00. The maximum Gasteiger partial charge on any atom is 0.227 e. The molecule has 0 radical (unpaired) electrons. The lowest BCUT2D eigenvalue weighted by molar-refractivity contribution is 0.588. The number of hydrogen-bond acceptors (Lipinski definition) is 4. The summed E-state index contributed by atoms with van der Waals surface area (Å²) >= 11 is 0. The van der Waals surface area contributed by atoms with Gasteiger partial charge in [0.1, 0.15) is 11.5 Å². The van der Waals surface area contributed by atoms with Gasteiger partial charge in [-0.05, 0) is 60.7 Å². The highest BCUT2D eigenvalue weighted by molar-refractivity contribution is 7.84. The van der Waals surface area contributed by atoms with Crippen molar-refractivity contribution in [1.82, 2.24) is 9.97 Å². The topological polar surface area (TPSA) is 56.0 Å². The van der Waals surface area contributed by atoms with E-state index < -0.39 is 10.8 Å². The third-order valence-corrected chi connectivity index (χ3v) is 5.06. The molecule has 1 atom stereocenters. The number of halogens is 1. The molecular formula is C21H15FN2O2S. The molecule has 1 unspecified atom stereocenters. The first-order valence-electron chi connectivity index (χ1n) is 8.23. The summed E-state index contributed by atoms with van der Waals surface area (Å²) in [4.78, 5) is 9.43. The summed E-state index contributed by atoms with van der Waals surface area (Å²) in [6, 6.07) is 17.0. The van der Waals surface area contributed by atoms with E-state index in [4.69, 9.17) is 4.42 Å². The minimum Gasteiger partial charge on any atom is -0.435 e. The van der Waals surface area contributed by atoms with Crippen molar-refractivity contribution in [2.45, 2.75) is 4.90 Å². The predicted octanol–water partition coefficient (Wildman–Crippen LogP) is 4.95. The van der Waals surface area contributed by atoms with Crippen molar-refractivity contribution in [3.63, 3.8) is 0 Å². The highest BCUT2D eigenvalue weighted by Gasteiger charge is 2.18. The molecular weight excluding hydrogens is 363 g/mol. The lowest BCUT2D eigenvalue weighted by Gasteiger charge is -2.01. The lowest BCUT2D eigenvalue weighted by atomic mass is 10.1. The number of hydrogen-bond donors (Lipinski definition) is 0. The first-order chi connectivity index (χ1) is 13.1. The molecule has 0 N–H and O–H groups in total.